The highest BCUT2D eigenvalue weighted by Crippen LogP contribution is 2.39. The molecule has 116 valence electrons. The monoisotopic (exact) mass is 319 g/mol. The Kier molecular flexibility index (Phi) is 3.97. The fraction of sp³-hybridized carbons (Fsp3) is 0.375. The van der Waals surface area contributed by atoms with Gasteiger partial charge in [-0.25, -0.2) is 9.37 Å². The van der Waals surface area contributed by atoms with E-state index in [-0.39, 0.29) is 17.3 Å². The zero-order chi connectivity index (χ0) is 15.7. The molecule has 1 aromatic carbocycles. The van der Waals surface area contributed by atoms with Crippen LogP contribution >= 0.6 is 11.3 Å². The van der Waals surface area contributed by atoms with Crippen LogP contribution in [0.5, 0.6) is 0 Å². The van der Waals surface area contributed by atoms with Crippen LogP contribution in [-0.2, 0) is 0 Å². The molecule has 0 aliphatic heterocycles. The minimum atomic E-state index is -0.364. The highest BCUT2D eigenvalue weighted by Gasteiger charge is 2.41. The van der Waals surface area contributed by atoms with Gasteiger partial charge in [0.25, 0.3) is 5.91 Å². The van der Waals surface area contributed by atoms with Crippen LogP contribution in [-0.4, -0.2) is 23.0 Å². The van der Waals surface area contributed by atoms with Gasteiger partial charge in [0.1, 0.15) is 16.5 Å². The van der Waals surface area contributed by atoms with Gasteiger partial charge >= 0.3 is 0 Å². The van der Waals surface area contributed by atoms with Crippen molar-refractivity contribution in [2.75, 3.05) is 6.54 Å². The van der Waals surface area contributed by atoms with Crippen LogP contribution < -0.4 is 11.1 Å². The zero-order valence-corrected chi connectivity index (χ0v) is 13.1. The molecule has 3 rings (SSSR count). The summed E-state index contributed by atoms with van der Waals surface area (Å²) in [5.74, 6) is -0.0393. The molecule has 3 N–H and O–H groups in total. The van der Waals surface area contributed by atoms with Crippen molar-refractivity contribution < 1.29 is 9.18 Å². The Hall–Kier alpha value is -1.79. The highest BCUT2D eigenvalue weighted by atomic mass is 32.1. The minimum Gasteiger partial charge on any atom is -0.344 e. The van der Waals surface area contributed by atoms with Crippen LogP contribution in [0.3, 0.4) is 0 Å². The summed E-state index contributed by atoms with van der Waals surface area (Å²) < 4.78 is 12.9. The third kappa shape index (κ3) is 3.03. The van der Waals surface area contributed by atoms with E-state index in [1.807, 2.05) is 6.92 Å². The third-order valence-electron chi connectivity index (χ3n) is 4.13. The van der Waals surface area contributed by atoms with E-state index in [1.54, 1.807) is 17.5 Å². The summed E-state index contributed by atoms with van der Waals surface area (Å²) >= 11 is 1.37. The van der Waals surface area contributed by atoms with Gasteiger partial charge < -0.3 is 11.1 Å². The van der Waals surface area contributed by atoms with Gasteiger partial charge in [0.15, 0.2) is 0 Å². The first-order valence-corrected chi connectivity index (χ1v) is 8.14. The van der Waals surface area contributed by atoms with E-state index in [0.717, 1.165) is 18.4 Å². The van der Waals surface area contributed by atoms with Crippen molar-refractivity contribution >= 4 is 17.2 Å². The number of nitrogens with zero attached hydrogens (tertiary/aromatic N) is 1. The van der Waals surface area contributed by atoms with Crippen LogP contribution in [0.15, 0.2) is 29.6 Å². The molecule has 1 aliphatic rings. The summed E-state index contributed by atoms with van der Waals surface area (Å²) in [7, 11) is 0. The van der Waals surface area contributed by atoms with Crippen LogP contribution in [0, 0.1) is 11.7 Å². The summed E-state index contributed by atoms with van der Waals surface area (Å²) in [6, 6.07) is 6.08. The van der Waals surface area contributed by atoms with Gasteiger partial charge in [-0.05, 0) is 49.9 Å². The molecule has 1 aliphatic carbocycles. The second-order valence-corrected chi connectivity index (χ2v) is 6.75. The number of thiazole rings is 1. The van der Waals surface area contributed by atoms with Gasteiger partial charge in [0, 0.05) is 17.5 Å². The van der Waals surface area contributed by atoms with Crippen LogP contribution in [0.25, 0.3) is 10.6 Å². The van der Waals surface area contributed by atoms with Gasteiger partial charge in [-0.2, -0.15) is 0 Å². The van der Waals surface area contributed by atoms with Crippen molar-refractivity contribution in [3.05, 3.63) is 41.2 Å². The molecule has 0 bridgehead atoms. The Morgan fingerprint density at radius 3 is 2.73 bits per heavy atom. The predicted octanol–water partition coefficient (Wildman–Crippen LogP) is 2.81. The lowest BCUT2D eigenvalue weighted by Crippen LogP contribution is -2.53. The molecule has 0 radical (unpaired) electrons. The number of nitrogens with two attached hydrogens (primary N) is 1. The van der Waals surface area contributed by atoms with E-state index in [0.29, 0.717) is 23.2 Å². The quantitative estimate of drug-likeness (QED) is 0.890. The van der Waals surface area contributed by atoms with E-state index in [4.69, 9.17) is 5.73 Å². The van der Waals surface area contributed by atoms with Gasteiger partial charge in [0.2, 0.25) is 0 Å². The molecule has 0 saturated heterocycles. The second kappa shape index (κ2) is 5.78. The van der Waals surface area contributed by atoms with E-state index in [2.05, 4.69) is 10.3 Å². The van der Waals surface area contributed by atoms with Crippen molar-refractivity contribution in [3.8, 4) is 10.6 Å². The summed E-state index contributed by atoms with van der Waals surface area (Å²) in [6.07, 6.45) is 2.21. The Bertz CT molecular complexity index is 681. The molecule has 1 heterocycles. The normalized spacial score (nSPS) is 17.0. The highest BCUT2D eigenvalue weighted by molar-refractivity contribution is 7.13. The lowest BCUT2D eigenvalue weighted by Gasteiger charge is -2.29. The first kappa shape index (κ1) is 15.1. The minimum absolute atomic E-state index is 0.204. The lowest BCUT2D eigenvalue weighted by molar-refractivity contribution is 0.0893. The van der Waals surface area contributed by atoms with Crippen LogP contribution in [0.4, 0.5) is 4.39 Å². The smallest absolute Gasteiger partial charge is 0.271 e. The summed E-state index contributed by atoms with van der Waals surface area (Å²) in [6.45, 7) is 2.40. The van der Waals surface area contributed by atoms with Gasteiger partial charge in [-0.15, -0.1) is 11.3 Å². The van der Waals surface area contributed by atoms with Crippen LogP contribution in [0.2, 0.25) is 0 Å². The summed E-state index contributed by atoms with van der Waals surface area (Å²) in [4.78, 5) is 16.7. The molecule has 0 spiro atoms. The van der Waals surface area contributed by atoms with Crippen molar-refractivity contribution in [2.24, 2.45) is 11.7 Å². The van der Waals surface area contributed by atoms with Crippen molar-refractivity contribution in [2.45, 2.75) is 25.3 Å². The summed E-state index contributed by atoms with van der Waals surface area (Å²) in [5.41, 5.74) is 6.63. The molecular weight excluding hydrogens is 301 g/mol. The number of rotatable bonds is 5. The Morgan fingerprint density at radius 2 is 2.14 bits per heavy atom. The van der Waals surface area contributed by atoms with Crippen LogP contribution in [0.1, 0.15) is 30.3 Å². The maximum absolute atomic E-state index is 12.9. The average Bonchev–Trinajstić information content (AvgIpc) is 3.26. The van der Waals surface area contributed by atoms with Gasteiger partial charge in [-0.1, -0.05) is 0 Å². The average molecular weight is 319 g/mol. The fourth-order valence-electron chi connectivity index (χ4n) is 2.47. The van der Waals surface area contributed by atoms with Crippen molar-refractivity contribution in [3.63, 3.8) is 0 Å². The maximum Gasteiger partial charge on any atom is 0.271 e. The standard InChI is InChI=1S/C16H18FN3OS/c1-16(9-18,11-4-5-11)20-14(21)13-8-22-15(19-13)10-2-6-12(17)7-3-10/h2-3,6-8,11H,4-5,9,18H2,1H3,(H,20,21). The molecule has 6 heteroatoms. The third-order valence-corrected chi connectivity index (χ3v) is 5.02. The molecule has 1 aromatic heterocycles. The van der Waals surface area contributed by atoms with E-state index in [9.17, 15) is 9.18 Å². The molecule has 1 amide bonds. The number of nitrogens with one attached hydrogen (secondary N) is 1. The van der Waals surface area contributed by atoms with E-state index in [1.165, 1.54) is 23.5 Å². The molecular formula is C16H18FN3OS. The van der Waals surface area contributed by atoms with Crippen molar-refractivity contribution in [1.29, 1.82) is 0 Å². The van der Waals surface area contributed by atoms with E-state index >= 15 is 0 Å². The first-order chi connectivity index (χ1) is 10.5. The second-order valence-electron chi connectivity index (χ2n) is 5.89. The number of amides is 1. The molecule has 1 atom stereocenters. The Balaban J connectivity index is 1.75. The molecule has 22 heavy (non-hydrogen) atoms. The Morgan fingerprint density at radius 1 is 1.45 bits per heavy atom. The number of carbonyl (C=O) groups excluding carboxylic acids is 1. The van der Waals surface area contributed by atoms with Gasteiger partial charge in [-0.3, -0.25) is 4.79 Å². The number of carbonyl (C=O) groups is 1. The lowest BCUT2D eigenvalue weighted by atomic mass is 9.96. The SMILES string of the molecule is CC(CN)(NC(=O)c1csc(-c2ccc(F)cc2)n1)C1CC1. The largest absolute Gasteiger partial charge is 0.344 e. The number of halogens is 1. The predicted molar refractivity (Wildman–Crippen MR) is 85.2 cm³/mol. The Labute approximate surface area is 132 Å². The number of hydrogen-bond donors (Lipinski definition) is 2. The summed E-state index contributed by atoms with van der Waals surface area (Å²) in [5, 5.41) is 5.44. The number of benzene rings is 1. The maximum atomic E-state index is 12.9. The zero-order valence-electron chi connectivity index (χ0n) is 12.3. The molecule has 1 fully saturated rings. The fourth-order valence-corrected chi connectivity index (χ4v) is 3.27. The van der Waals surface area contributed by atoms with Gasteiger partial charge in [0.05, 0.1) is 5.54 Å². The molecule has 1 unspecified atom stereocenters. The molecule has 4 nitrogen and oxygen atoms in total. The molecule has 2 aromatic rings. The van der Waals surface area contributed by atoms with Crippen molar-refractivity contribution in [1.82, 2.24) is 10.3 Å². The molecule has 1 saturated carbocycles. The van der Waals surface area contributed by atoms with E-state index < -0.39 is 0 Å². The number of hydrogen-bond acceptors (Lipinski definition) is 4. The first-order valence-electron chi connectivity index (χ1n) is 7.26. The topological polar surface area (TPSA) is 68.0 Å². The number of aromatic nitrogens is 1.